The molecular formula is C11H15FO2. The molecule has 0 spiro atoms. The summed E-state index contributed by atoms with van der Waals surface area (Å²) in [6.07, 6.45) is 0.0301. The summed E-state index contributed by atoms with van der Waals surface area (Å²) in [5.74, 6) is -0.132. The number of aryl methyl sites for hydroxylation is 1. The summed E-state index contributed by atoms with van der Waals surface area (Å²) in [5.41, 5.74) is 0.701. The van der Waals surface area contributed by atoms with Gasteiger partial charge in [0.2, 0.25) is 0 Å². The van der Waals surface area contributed by atoms with Gasteiger partial charge in [-0.1, -0.05) is 18.2 Å². The summed E-state index contributed by atoms with van der Waals surface area (Å²) in [5, 5.41) is 0. The molecule has 0 saturated carbocycles. The van der Waals surface area contributed by atoms with Crippen LogP contribution in [-0.4, -0.2) is 12.6 Å². The zero-order valence-electron chi connectivity index (χ0n) is 8.66. The second kappa shape index (κ2) is 7.06. The molecule has 3 heteroatoms. The van der Waals surface area contributed by atoms with E-state index in [1.807, 2.05) is 6.07 Å². The van der Waals surface area contributed by atoms with Crippen molar-refractivity contribution in [1.82, 2.24) is 0 Å². The average molecular weight is 198 g/mol. The summed E-state index contributed by atoms with van der Waals surface area (Å²) in [7, 11) is 0. The quantitative estimate of drug-likeness (QED) is 0.683. The van der Waals surface area contributed by atoms with Crippen LogP contribution in [0.2, 0.25) is 0 Å². The van der Waals surface area contributed by atoms with E-state index in [9.17, 15) is 9.18 Å². The van der Waals surface area contributed by atoms with Crippen molar-refractivity contribution < 1.29 is 13.9 Å². The summed E-state index contributed by atoms with van der Waals surface area (Å²) in [6, 6.07) is 6.70. The fourth-order valence-corrected chi connectivity index (χ4v) is 0.662. The number of hydrogen-bond acceptors (Lipinski definition) is 2. The molecule has 1 aromatic rings. The van der Waals surface area contributed by atoms with Crippen LogP contribution in [0.5, 0.6) is 0 Å². The van der Waals surface area contributed by atoms with Crippen LogP contribution in [0, 0.1) is 12.7 Å². The van der Waals surface area contributed by atoms with E-state index in [2.05, 4.69) is 4.74 Å². The van der Waals surface area contributed by atoms with E-state index >= 15 is 0 Å². The Balaban J connectivity index is 0.000000255. The van der Waals surface area contributed by atoms with Gasteiger partial charge in [0, 0.05) is 0 Å². The Labute approximate surface area is 83.7 Å². The lowest BCUT2D eigenvalue weighted by molar-refractivity contribution is -0.131. The Bertz CT molecular complexity index is 251. The maximum atomic E-state index is 12.3. The molecule has 0 bridgehead atoms. The lowest BCUT2D eigenvalue weighted by Gasteiger charge is -1.96. The Morgan fingerprint density at radius 2 is 1.93 bits per heavy atom. The van der Waals surface area contributed by atoms with Gasteiger partial charge in [0.15, 0.2) is 0 Å². The van der Waals surface area contributed by atoms with Gasteiger partial charge in [0.05, 0.1) is 6.10 Å². The van der Waals surface area contributed by atoms with Crippen LogP contribution in [0.1, 0.15) is 19.4 Å². The molecule has 0 unspecified atom stereocenters. The summed E-state index contributed by atoms with van der Waals surface area (Å²) in [6.45, 7) is 5.79. The molecule has 2 nitrogen and oxygen atoms in total. The van der Waals surface area contributed by atoms with Gasteiger partial charge in [-0.2, -0.15) is 0 Å². The molecule has 0 radical (unpaired) electrons. The van der Waals surface area contributed by atoms with E-state index in [0.717, 1.165) is 0 Å². The topological polar surface area (TPSA) is 26.3 Å². The lowest BCUT2D eigenvalue weighted by atomic mass is 10.2. The fraction of sp³-hybridized carbons (Fsp3) is 0.364. The Morgan fingerprint density at radius 1 is 1.36 bits per heavy atom. The minimum absolute atomic E-state index is 0.0301. The molecule has 0 saturated heterocycles. The number of hydrogen-bond donors (Lipinski definition) is 0. The molecule has 0 heterocycles. The second-order valence-corrected chi connectivity index (χ2v) is 3.03. The van der Waals surface area contributed by atoms with Crippen molar-refractivity contribution in [3.63, 3.8) is 0 Å². The SMILES string of the molecule is CC(C)OC=O.Cc1ccccc1F. The predicted molar refractivity (Wildman–Crippen MR) is 53.4 cm³/mol. The molecular weight excluding hydrogens is 183 g/mol. The Hall–Kier alpha value is -1.38. The summed E-state index contributed by atoms with van der Waals surface area (Å²) < 4.78 is 16.7. The zero-order valence-corrected chi connectivity index (χ0v) is 8.66. The van der Waals surface area contributed by atoms with Gasteiger partial charge in [-0.05, 0) is 32.4 Å². The van der Waals surface area contributed by atoms with E-state index in [-0.39, 0.29) is 11.9 Å². The van der Waals surface area contributed by atoms with Crippen molar-refractivity contribution in [1.29, 1.82) is 0 Å². The van der Waals surface area contributed by atoms with Crippen LogP contribution in [-0.2, 0) is 9.53 Å². The molecule has 0 aliphatic rings. The summed E-state index contributed by atoms with van der Waals surface area (Å²) >= 11 is 0. The van der Waals surface area contributed by atoms with Gasteiger partial charge >= 0.3 is 0 Å². The largest absolute Gasteiger partial charge is 0.465 e. The standard InChI is InChI=1S/C7H7F.C4H8O2/c1-6-4-2-3-5-7(6)8;1-4(2)6-3-5/h2-5H,1H3;3-4H,1-2H3. The van der Waals surface area contributed by atoms with E-state index in [4.69, 9.17) is 0 Å². The van der Waals surface area contributed by atoms with Crippen molar-refractivity contribution >= 4 is 6.47 Å². The highest BCUT2D eigenvalue weighted by Crippen LogP contribution is 2.01. The maximum Gasteiger partial charge on any atom is 0.293 e. The monoisotopic (exact) mass is 198 g/mol. The van der Waals surface area contributed by atoms with Crippen molar-refractivity contribution in [2.45, 2.75) is 26.9 Å². The minimum Gasteiger partial charge on any atom is -0.465 e. The van der Waals surface area contributed by atoms with Gasteiger partial charge < -0.3 is 4.74 Å². The number of rotatable bonds is 2. The van der Waals surface area contributed by atoms with Crippen LogP contribution in [0.15, 0.2) is 24.3 Å². The second-order valence-electron chi connectivity index (χ2n) is 3.03. The molecule has 78 valence electrons. The van der Waals surface area contributed by atoms with Crippen molar-refractivity contribution in [2.24, 2.45) is 0 Å². The van der Waals surface area contributed by atoms with Crippen LogP contribution < -0.4 is 0 Å². The average Bonchev–Trinajstić information content (AvgIpc) is 2.11. The van der Waals surface area contributed by atoms with Crippen molar-refractivity contribution in [3.05, 3.63) is 35.6 Å². The number of halogens is 1. The minimum atomic E-state index is -0.132. The molecule has 1 rings (SSSR count). The molecule has 0 aliphatic heterocycles. The third kappa shape index (κ3) is 6.17. The van der Waals surface area contributed by atoms with Crippen LogP contribution in [0.3, 0.4) is 0 Å². The fourth-order valence-electron chi connectivity index (χ4n) is 0.662. The number of ether oxygens (including phenoxy) is 1. The van der Waals surface area contributed by atoms with Crippen LogP contribution in [0.25, 0.3) is 0 Å². The lowest BCUT2D eigenvalue weighted by Crippen LogP contribution is -1.98. The normalized spacial score (nSPS) is 8.93. The highest BCUT2D eigenvalue weighted by Gasteiger charge is 1.88. The number of carbonyl (C=O) groups excluding carboxylic acids is 1. The molecule has 1 aromatic carbocycles. The van der Waals surface area contributed by atoms with Crippen LogP contribution in [0.4, 0.5) is 4.39 Å². The number of benzene rings is 1. The molecule has 0 fully saturated rings. The van der Waals surface area contributed by atoms with E-state index < -0.39 is 0 Å². The molecule has 0 N–H and O–H groups in total. The van der Waals surface area contributed by atoms with Crippen molar-refractivity contribution in [2.75, 3.05) is 0 Å². The first kappa shape index (κ1) is 12.6. The summed E-state index contributed by atoms with van der Waals surface area (Å²) in [4.78, 5) is 9.39. The van der Waals surface area contributed by atoms with Crippen molar-refractivity contribution in [3.8, 4) is 0 Å². The third-order valence-corrected chi connectivity index (χ3v) is 1.40. The Morgan fingerprint density at radius 3 is 2.14 bits per heavy atom. The smallest absolute Gasteiger partial charge is 0.293 e. The highest BCUT2D eigenvalue weighted by molar-refractivity contribution is 5.37. The predicted octanol–water partition coefficient (Wildman–Crippen LogP) is 2.70. The number of carbonyl (C=O) groups is 1. The first-order valence-electron chi connectivity index (χ1n) is 4.38. The molecule has 0 amide bonds. The van der Waals surface area contributed by atoms with Gasteiger partial charge in [-0.15, -0.1) is 0 Å². The molecule has 14 heavy (non-hydrogen) atoms. The van der Waals surface area contributed by atoms with E-state index in [1.165, 1.54) is 6.07 Å². The van der Waals surface area contributed by atoms with Gasteiger partial charge in [-0.3, -0.25) is 4.79 Å². The zero-order chi connectivity index (χ0) is 11.0. The van der Waals surface area contributed by atoms with E-state index in [0.29, 0.717) is 12.0 Å². The first-order chi connectivity index (χ1) is 6.57. The van der Waals surface area contributed by atoms with Gasteiger partial charge in [0.25, 0.3) is 6.47 Å². The molecule has 0 aromatic heterocycles. The molecule has 0 aliphatic carbocycles. The maximum absolute atomic E-state index is 12.3. The molecule has 0 atom stereocenters. The van der Waals surface area contributed by atoms with Crippen LogP contribution >= 0.6 is 0 Å². The first-order valence-corrected chi connectivity index (χ1v) is 4.38. The van der Waals surface area contributed by atoms with E-state index in [1.54, 1.807) is 32.9 Å². The van der Waals surface area contributed by atoms with Gasteiger partial charge in [0.1, 0.15) is 5.82 Å². The van der Waals surface area contributed by atoms with Gasteiger partial charge in [-0.25, -0.2) is 4.39 Å². The Kier molecular flexibility index (Phi) is 6.37. The highest BCUT2D eigenvalue weighted by atomic mass is 19.1. The third-order valence-electron chi connectivity index (χ3n) is 1.40.